The zero-order chi connectivity index (χ0) is 24.8. The lowest BCUT2D eigenvalue weighted by Gasteiger charge is -2.24. The number of sulfone groups is 1. The summed E-state index contributed by atoms with van der Waals surface area (Å²) in [6, 6.07) is 4.64. The number of halogens is 1. The molecule has 4 rings (SSSR count). The first kappa shape index (κ1) is 25.4. The molecule has 2 aromatic rings. The summed E-state index contributed by atoms with van der Waals surface area (Å²) in [4.78, 5) is 13.5. The lowest BCUT2D eigenvalue weighted by molar-refractivity contribution is 0.386. The fraction of sp³-hybridized carbons (Fsp3) is 0.609. The summed E-state index contributed by atoms with van der Waals surface area (Å²) in [7, 11) is -1.72. The van der Waals surface area contributed by atoms with E-state index in [4.69, 9.17) is 4.74 Å². The van der Waals surface area contributed by atoms with Gasteiger partial charge in [-0.1, -0.05) is 13.3 Å². The fourth-order valence-corrected chi connectivity index (χ4v) is 6.30. The highest BCUT2D eigenvalue weighted by molar-refractivity contribution is 7.91. The third-order valence-electron chi connectivity index (χ3n) is 6.43. The number of anilines is 4. The second-order valence-corrected chi connectivity index (χ2v) is 11.3. The molecule has 1 aromatic carbocycles. The van der Waals surface area contributed by atoms with Gasteiger partial charge in [-0.2, -0.15) is 15.0 Å². The molecule has 192 valence electrons. The SMILES string of the molecule is CCC(Nc1nc(Nc2ccc(OC)c(F)c2)nc(NC2CCCCS(=O)(=O)C2)n1)C1CCCN1. The Bertz CT molecular complexity index is 1110. The van der Waals surface area contributed by atoms with Crippen LogP contribution in [0, 0.1) is 5.82 Å². The number of aromatic nitrogens is 3. The molecule has 2 fully saturated rings. The summed E-state index contributed by atoms with van der Waals surface area (Å²) >= 11 is 0. The van der Waals surface area contributed by atoms with E-state index in [0.717, 1.165) is 32.2 Å². The molecule has 3 heterocycles. The van der Waals surface area contributed by atoms with Gasteiger partial charge in [-0.25, -0.2) is 12.8 Å². The summed E-state index contributed by atoms with van der Waals surface area (Å²) in [6.45, 7) is 3.09. The van der Waals surface area contributed by atoms with Gasteiger partial charge in [-0.05, 0) is 50.8 Å². The topological polar surface area (TPSA) is 130 Å². The minimum absolute atomic E-state index is 0.0392. The highest BCUT2D eigenvalue weighted by Crippen LogP contribution is 2.24. The van der Waals surface area contributed by atoms with Gasteiger partial charge in [0.25, 0.3) is 0 Å². The van der Waals surface area contributed by atoms with Gasteiger partial charge >= 0.3 is 0 Å². The third-order valence-corrected chi connectivity index (χ3v) is 8.25. The van der Waals surface area contributed by atoms with Crippen LogP contribution < -0.4 is 26.0 Å². The Hall–Kier alpha value is -2.73. The van der Waals surface area contributed by atoms with Crippen LogP contribution in [0.15, 0.2) is 18.2 Å². The van der Waals surface area contributed by atoms with Gasteiger partial charge < -0.3 is 26.0 Å². The normalized spacial score (nSPS) is 22.7. The number of nitrogens with zero attached hydrogens (tertiary/aromatic N) is 3. The van der Waals surface area contributed by atoms with Crippen molar-refractivity contribution in [3.63, 3.8) is 0 Å². The molecule has 0 spiro atoms. The van der Waals surface area contributed by atoms with Gasteiger partial charge in [0, 0.05) is 29.9 Å². The van der Waals surface area contributed by atoms with Crippen molar-refractivity contribution < 1.29 is 17.5 Å². The molecular formula is C23H34FN7O3S. The Labute approximate surface area is 205 Å². The van der Waals surface area contributed by atoms with Crippen molar-refractivity contribution >= 4 is 33.4 Å². The Balaban J connectivity index is 1.60. The van der Waals surface area contributed by atoms with Gasteiger partial charge in [0.15, 0.2) is 21.4 Å². The molecule has 0 aliphatic carbocycles. The molecule has 35 heavy (non-hydrogen) atoms. The van der Waals surface area contributed by atoms with Gasteiger partial charge in [-0.3, -0.25) is 0 Å². The minimum Gasteiger partial charge on any atom is -0.494 e. The van der Waals surface area contributed by atoms with Crippen LogP contribution in [0.1, 0.15) is 45.4 Å². The van der Waals surface area contributed by atoms with E-state index in [9.17, 15) is 12.8 Å². The zero-order valence-corrected chi connectivity index (χ0v) is 21.0. The van der Waals surface area contributed by atoms with Gasteiger partial charge in [-0.15, -0.1) is 0 Å². The van der Waals surface area contributed by atoms with E-state index in [-0.39, 0.29) is 41.2 Å². The number of nitrogens with one attached hydrogen (secondary N) is 4. The van der Waals surface area contributed by atoms with Crippen molar-refractivity contribution in [1.82, 2.24) is 20.3 Å². The van der Waals surface area contributed by atoms with E-state index >= 15 is 0 Å². The van der Waals surface area contributed by atoms with Crippen LogP contribution in [-0.2, 0) is 9.84 Å². The van der Waals surface area contributed by atoms with Crippen molar-refractivity contribution in [1.29, 1.82) is 0 Å². The van der Waals surface area contributed by atoms with E-state index in [1.807, 2.05) is 0 Å². The first-order valence-corrected chi connectivity index (χ1v) is 14.0. The maximum absolute atomic E-state index is 14.2. The monoisotopic (exact) mass is 507 g/mol. The van der Waals surface area contributed by atoms with Crippen LogP contribution in [-0.4, -0.2) is 66.7 Å². The van der Waals surface area contributed by atoms with Crippen molar-refractivity contribution in [2.45, 2.75) is 63.6 Å². The lowest BCUT2D eigenvalue weighted by Crippen LogP contribution is -2.40. The summed E-state index contributed by atoms with van der Waals surface area (Å²) in [5, 5.41) is 13.2. The molecule has 12 heteroatoms. The Morgan fingerprint density at radius 2 is 1.94 bits per heavy atom. The van der Waals surface area contributed by atoms with Crippen LogP contribution >= 0.6 is 0 Å². The predicted molar refractivity (Wildman–Crippen MR) is 135 cm³/mol. The second-order valence-electron chi connectivity index (χ2n) is 9.09. The van der Waals surface area contributed by atoms with E-state index in [2.05, 4.69) is 43.1 Å². The Kier molecular flexibility index (Phi) is 8.22. The molecule has 0 radical (unpaired) electrons. The maximum Gasteiger partial charge on any atom is 0.233 e. The van der Waals surface area contributed by atoms with Gasteiger partial charge in [0.05, 0.1) is 18.6 Å². The predicted octanol–water partition coefficient (Wildman–Crippen LogP) is 3.08. The highest BCUT2D eigenvalue weighted by atomic mass is 32.2. The Morgan fingerprint density at radius 3 is 2.66 bits per heavy atom. The highest BCUT2D eigenvalue weighted by Gasteiger charge is 2.26. The molecule has 0 amide bonds. The van der Waals surface area contributed by atoms with Crippen molar-refractivity contribution in [3.8, 4) is 5.75 Å². The van der Waals surface area contributed by atoms with Crippen molar-refractivity contribution in [3.05, 3.63) is 24.0 Å². The summed E-state index contributed by atoms with van der Waals surface area (Å²) in [5.74, 6) is 0.743. The number of hydrogen-bond donors (Lipinski definition) is 4. The molecule has 10 nitrogen and oxygen atoms in total. The molecule has 1 aromatic heterocycles. The van der Waals surface area contributed by atoms with Crippen molar-refractivity contribution in [2.24, 2.45) is 0 Å². The van der Waals surface area contributed by atoms with E-state index < -0.39 is 15.7 Å². The summed E-state index contributed by atoms with van der Waals surface area (Å²) in [6.07, 6.45) is 5.25. The van der Waals surface area contributed by atoms with E-state index in [1.54, 1.807) is 6.07 Å². The molecule has 3 atom stereocenters. The van der Waals surface area contributed by atoms with E-state index in [1.165, 1.54) is 19.2 Å². The molecule has 2 saturated heterocycles. The molecule has 2 aliphatic rings. The summed E-state index contributed by atoms with van der Waals surface area (Å²) < 4.78 is 43.8. The number of benzene rings is 1. The first-order chi connectivity index (χ1) is 16.8. The molecule has 0 bridgehead atoms. The molecule has 4 N–H and O–H groups in total. The average molecular weight is 508 g/mol. The Morgan fingerprint density at radius 1 is 1.14 bits per heavy atom. The molecule has 2 aliphatic heterocycles. The number of methoxy groups -OCH3 is 1. The van der Waals surface area contributed by atoms with Crippen LogP contribution in [0.2, 0.25) is 0 Å². The van der Waals surface area contributed by atoms with Crippen molar-refractivity contribution in [2.75, 3.05) is 41.1 Å². The molecule has 3 unspecified atom stereocenters. The zero-order valence-electron chi connectivity index (χ0n) is 20.2. The first-order valence-electron chi connectivity index (χ1n) is 12.2. The largest absolute Gasteiger partial charge is 0.494 e. The van der Waals surface area contributed by atoms with Gasteiger partial charge in [0.2, 0.25) is 17.8 Å². The smallest absolute Gasteiger partial charge is 0.233 e. The maximum atomic E-state index is 14.2. The van der Waals surface area contributed by atoms with Crippen LogP contribution in [0.5, 0.6) is 5.75 Å². The number of hydrogen-bond acceptors (Lipinski definition) is 10. The quantitative estimate of drug-likeness (QED) is 0.402. The fourth-order valence-electron chi connectivity index (χ4n) is 4.62. The second kappa shape index (κ2) is 11.3. The average Bonchev–Trinajstić information content (AvgIpc) is 3.29. The number of rotatable bonds is 9. The third kappa shape index (κ3) is 6.91. The minimum atomic E-state index is -3.13. The van der Waals surface area contributed by atoms with Crippen LogP contribution in [0.4, 0.5) is 27.9 Å². The standard InChI is InChI=1S/C23H34FN7O3S/c1-3-18(19-8-6-11-25-19)28-23-30-21(26-15-9-10-20(34-2)17(24)13-15)29-22(31-23)27-16-7-4-5-12-35(32,33)14-16/h9-10,13,16,18-19,25H,3-8,11-12,14H2,1-2H3,(H3,26,27,28,29,30,31). The number of ether oxygens (including phenoxy) is 1. The van der Waals surface area contributed by atoms with E-state index in [0.29, 0.717) is 30.5 Å². The lowest BCUT2D eigenvalue weighted by atomic mass is 10.0. The molecule has 0 saturated carbocycles. The van der Waals surface area contributed by atoms with Gasteiger partial charge in [0.1, 0.15) is 0 Å². The van der Waals surface area contributed by atoms with Crippen LogP contribution in [0.3, 0.4) is 0 Å². The van der Waals surface area contributed by atoms with Crippen LogP contribution in [0.25, 0.3) is 0 Å². The summed E-state index contributed by atoms with van der Waals surface area (Å²) in [5.41, 5.74) is 0.452. The molecular weight excluding hydrogens is 473 g/mol.